The van der Waals surface area contributed by atoms with Gasteiger partial charge in [-0.3, -0.25) is 10.1 Å². The van der Waals surface area contributed by atoms with Crippen LogP contribution in [0.1, 0.15) is 17.5 Å². The Hall–Kier alpha value is -3.17. The van der Waals surface area contributed by atoms with E-state index in [1.54, 1.807) is 25.4 Å². The minimum Gasteiger partial charge on any atom is -0.493 e. The highest BCUT2D eigenvalue weighted by atomic mass is 79.9. The Balaban J connectivity index is 1.57. The van der Waals surface area contributed by atoms with E-state index in [-0.39, 0.29) is 12.3 Å². The maximum absolute atomic E-state index is 10.8. The lowest BCUT2D eigenvalue weighted by Gasteiger charge is -2.17. The zero-order valence-electron chi connectivity index (χ0n) is 17.6. The van der Waals surface area contributed by atoms with Gasteiger partial charge in [0.25, 0.3) is 5.69 Å². The number of halogens is 1. The Kier molecular flexibility index (Phi) is 8.82. The van der Waals surface area contributed by atoms with Crippen molar-refractivity contribution in [3.63, 3.8) is 0 Å². The van der Waals surface area contributed by atoms with Gasteiger partial charge in [-0.25, -0.2) is 4.98 Å². The third-order valence-electron chi connectivity index (χ3n) is 4.60. The van der Waals surface area contributed by atoms with E-state index >= 15 is 0 Å². The van der Waals surface area contributed by atoms with Crippen LogP contribution < -0.4 is 19.5 Å². The number of pyridine rings is 1. The fraction of sp³-hybridized carbons (Fsp3) is 0.261. The van der Waals surface area contributed by atoms with Gasteiger partial charge in [0.2, 0.25) is 5.88 Å². The maximum atomic E-state index is 10.8. The van der Waals surface area contributed by atoms with E-state index in [0.29, 0.717) is 30.5 Å². The molecule has 0 aliphatic carbocycles. The smallest absolute Gasteiger partial charge is 0.269 e. The summed E-state index contributed by atoms with van der Waals surface area (Å²) >= 11 is 3.59. The minimum atomic E-state index is -0.423. The molecule has 0 saturated carbocycles. The van der Waals surface area contributed by atoms with Gasteiger partial charge in [0, 0.05) is 41.0 Å². The van der Waals surface area contributed by atoms with Crippen LogP contribution in [0.15, 0.2) is 65.3 Å². The molecule has 0 aliphatic rings. The van der Waals surface area contributed by atoms with Crippen molar-refractivity contribution in [3.8, 4) is 17.4 Å². The summed E-state index contributed by atoms with van der Waals surface area (Å²) in [5, 5.41) is 14.2. The molecule has 0 bridgehead atoms. The van der Waals surface area contributed by atoms with Crippen LogP contribution in [-0.4, -0.2) is 30.2 Å². The SMILES string of the molecule is COc1ccc(Br)c(CNCCCOc2ccccn2)c1OCc1ccc([N+](=O)[O-])cc1. The van der Waals surface area contributed by atoms with Gasteiger partial charge in [0.1, 0.15) is 6.61 Å². The van der Waals surface area contributed by atoms with Gasteiger partial charge < -0.3 is 19.5 Å². The summed E-state index contributed by atoms with van der Waals surface area (Å²) in [6.45, 7) is 2.14. The second kappa shape index (κ2) is 12.0. The molecule has 0 saturated heterocycles. The quantitative estimate of drug-likeness (QED) is 0.214. The van der Waals surface area contributed by atoms with Crippen LogP contribution in [0.5, 0.6) is 17.4 Å². The molecular weight excluding hydrogens is 478 g/mol. The highest BCUT2D eigenvalue weighted by Gasteiger charge is 2.15. The minimum absolute atomic E-state index is 0.0469. The zero-order valence-corrected chi connectivity index (χ0v) is 19.2. The molecule has 3 rings (SSSR count). The summed E-state index contributed by atoms with van der Waals surface area (Å²) in [6.07, 6.45) is 2.52. The third-order valence-corrected chi connectivity index (χ3v) is 5.35. The van der Waals surface area contributed by atoms with Crippen LogP contribution in [0.3, 0.4) is 0 Å². The number of rotatable bonds is 12. The lowest BCUT2D eigenvalue weighted by atomic mass is 10.1. The van der Waals surface area contributed by atoms with Gasteiger partial charge in [-0.05, 0) is 48.9 Å². The van der Waals surface area contributed by atoms with Gasteiger partial charge in [0.15, 0.2) is 11.5 Å². The molecule has 8 nitrogen and oxygen atoms in total. The van der Waals surface area contributed by atoms with Crippen LogP contribution in [0.25, 0.3) is 0 Å². The summed E-state index contributed by atoms with van der Waals surface area (Å²) in [5.74, 6) is 1.85. The van der Waals surface area contributed by atoms with Crippen molar-refractivity contribution in [2.24, 2.45) is 0 Å². The first-order valence-corrected chi connectivity index (χ1v) is 10.8. The van der Waals surface area contributed by atoms with E-state index in [1.165, 1.54) is 12.1 Å². The van der Waals surface area contributed by atoms with Crippen molar-refractivity contribution in [3.05, 3.63) is 86.5 Å². The molecule has 3 aromatic rings. The molecule has 1 N–H and O–H groups in total. The first kappa shape index (κ1) is 23.5. The molecule has 0 spiro atoms. The molecule has 9 heteroatoms. The fourth-order valence-electron chi connectivity index (χ4n) is 2.96. The molecule has 1 heterocycles. The van der Waals surface area contributed by atoms with E-state index in [9.17, 15) is 10.1 Å². The number of non-ortho nitro benzene ring substituents is 1. The second-order valence-electron chi connectivity index (χ2n) is 6.82. The Morgan fingerprint density at radius 3 is 2.59 bits per heavy atom. The Labute approximate surface area is 194 Å². The van der Waals surface area contributed by atoms with Crippen molar-refractivity contribution in [1.82, 2.24) is 10.3 Å². The number of hydrogen-bond donors (Lipinski definition) is 1. The number of ether oxygens (including phenoxy) is 3. The van der Waals surface area contributed by atoms with Gasteiger partial charge in [-0.15, -0.1) is 0 Å². The number of nitro groups is 1. The molecule has 0 amide bonds. The molecule has 0 unspecified atom stereocenters. The zero-order chi connectivity index (χ0) is 22.8. The molecule has 0 fully saturated rings. The van der Waals surface area contributed by atoms with E-state index in [1.807, 2.05) is 30.3 Å². The van der Waals surface area contributed by atoms with Crippen LogP contribution in [-0.2, 0) is 13.2 Å². The molecule has 168 valence electrons. The summed E-state index contributed by atoms with van der Waals surface area (Å²) in [7, 11) is 1.59. The normalized spacial score (nSPS) is 10.6. The molecule has 0 aliphatic heterocycles. The summed E-state index contributed by atoms with van der Waals surface area (Å²) < 4.78 is 18.1. The highest BCUT2D eigenvalue weighted by molar-refractivity contribution is 9.10. The van der Waals surface area contributed by atoms with Gasteiger partial charge in [-0.2, -0.15) is 0 Å². The summed E-state index contributed by atoms with van der Waals surface area (Å²) in [4.78, 5) is 14.5. The van der Waals surface area contributed by atoms with Crippen molar-refractivity contribution >= 4 is 21.6 Å². The largest absolute Gasteiger partial charge is 0.493 e. The predicted molar refractivity (Wildman–Crippen MR) is 124 cm³/mol. The number of nitro benzene ring substituents is 1. The molecular formula is C23H24BrN3O5. The van der Waals surface area contributed by atoms with Gasteiger partial charge >= 0.3 is 0 Å². The van der Waals surface area contributed by atoms with Crippen molar-refractivity contribution in [2.45, 2.75) is 19.6 Å². The summed E-state index contributed by atoms with van der Waals surface area (Å²) in [6, 6.07) is 15.6. The summed E-state index contributed by atoms with van der Waals surface area (Å²) in [5.41, 5.74) is 1.80. The van der Waals surface area contributed by atoms with E-state index in [4.69, 9.17) is 14.2 Å². The number of methoxy groups -OCH3 is 1. The molecule has 2 aromatic carbocycles. The second-order valence-corrected chi connectivity index (χ2v) is 7.67. The van der Waals surface area contributed by atoms with Crippen molar-refractivity contribution in [1.29, 1.82) is 0 Å². The van der Waals surface area contributed by atoms with Crippen LogP contribution in [0.2, 0.25) is 0 Å². The first-order valence-electron chi connectivity index (χ1n) is 10.0. The molecule has 0 radical (unpaired) electrons. The maximum Gasteiger partial charge on any atom is 0.269 e. The standard InChI is InChI=1S/C23H24BrN3O5/c1-30-21-11-10-20(24)19(15-25-12-4-14-31-22-5-2-3-13-26-22)23(21)32-16-17-6-8-18(9-7-17)27(28)29/h2-3,5-11,13,25H,4,12,14-16H2,1H3. The topological polar surface area (TPSA) is 95.8 Å². The number of aromatic nitrogens is 1. The van der Waals surface area contributed by atoms with Gasteiger partial charge in [-0.1, -0.05) is 22.0 Å². The third kappa shape index (κ3) is 6.66. The lowest BCUT2D eigenvalue weighted by molar-refractivity contribution is -0.384. The average Bonchev–Trinajstić information content (AvgIpc) is 2.82. The lowest BCUT2D eigenvalue weighted by Crippen LogP contribution is -2.18. The Bertz CT molecular complexity index is 1020. The number of hydrogen-bond acceptors (Lipinski definition) is 7. The Morgan fingerprint density at radius 2 is 1.91 bits per heavy atom. The van der Waals surface area contributed by atoms with Crippen molar-refractivity contribution < 1.29 is 19.1 Å². The molecule has 0 atom stereocenters. The molecule has 32 heavy (non-hydrogen) atoms. The number of nitrogens with one attached hydrogen (secondary N) is 1. The van der Waals surface area contributed by atoms with E-state index in [0.717, 1.165) is 28.6 Å². The average molecular weight is 502 g/mol. The fourth-order valence-corrected chi connectivity index (χ4v) is 3.41. The van der Waals surface area contributed by atoms with Crippen LogP contribution in [0.4, 0.5) is 5.69 Å². The van der Waals surface area contributed by atoms with E-state index < -0.39 is 4.92 Å². The predicted octanol–water partition coefficient (Wildman–Crippen LogP) is 4.90. The Morgan fingerprint density at radius 1 is 1.09 bits per heavy atom. The first-order chi connectivity index (χ1) is 15.6. The monoisotopic (exact) mass is 501 g/mol. The van der Waals surface area contributed by atoms with Crippen molar-refractivity contribution in [2.75, 3.05) is 20.3 Å². The molecule has 1 aromatic heterocycles. The highest BCUT2D eigenvalue weighted by Crippen LogP contribution is 2.36. The van der Waals surface area contributed by atoms with Gasteiger partial charge in [0.05, 0.1) is 18.6 Å². The number of benzene rings is 2. The van der Waals surface area contributed by atoms with E-state index in [2.05, 4.69) is 26.2 Å². The number of nitrogens with zero attached hydrogens (tertiary/aromatic N) is 2. The van der Waals surface area contributed by atoms with Crippen LogP contribution >= 0.6 is 15.9 Å². The van der Waals surface area contributed by atoms with Crippen LogP contribution in [0, 0.1) is 10.1 Å².